The van der Waals surface area contributed by atoms with Crippen LogP contribution >= 0.6 is 0 Å². The maximum absolute atomic E-state index is 10.6. The standard InChI is InChI=1S/C10H18O/c1-3-9-5-4-8(2)10(6-9)7-11/h7-10H,3-6H2,1-2H3/t8-,9+,10+/m0/s1. The fourth-order valence-electron chi connectivity index (χ4n) is 2.01. The summed E-state index contributed by atoms with van der Waals surface area (Å²) in [6.45, 7) is 4.42. The summed E-state index contributed by atoms with van der Waals surface area (Å²) in [6.07, 6.45) is 6.13. The molecule has 0 spiro atoms. The molecule has 11 heavy (non-hydrogen) atoms. The van der Waals surface area contributed by atoms with Gasteiger partial charge in [0, 0.05) is 5.92 Å². The second kappa shape index (κ2) is 3.89. The van der Waals surface area contributed by atoms with E-state index in [0.29, 0.717) is 11.8 Å². The summed E-state index contributed by atoms with van der Waals surface area (Å²) >= 11 is 0. The number of carbonyl (C=O) groups is 1. The van der Waals surface area contributed by atoms with E-state index < -0.39 is 0 Å². The number of rotatable bonds is 2. The van der Waals surface area contributed by atoms with E-state index >= 15 is 0 Å². The monoisotopic (exact) mass is 154 g/mol. The van der Waals surface area contributed by atoms with Crippen LogP contribution in [-0.4, -0.2) is 6.29 Å². The van der Waals surface area contributed by atoms with E-state index in [-0.39, 0.29) is 0 Å². The third-order valence-corrected chi connectivity index (χ3v) is 3.12. The van der Waals surface area contributed by atoms with Crippen LogP contribution in [0.2, 0.25) is 0 Å². The Morgan fingerprint density at radius 3 is 2.73 bits per heavy atom. The molecule has 1 nitrogen and oxygen atoms in total. The van der Waals surface area contributed by atoms with E-state index in [9.17, 15) is 4.79 Å². The molecule has 1 aliphatic carbocycles. The first-order chi connectivity index (χ1) is 5.27. The van der Waals surface area contributed by atoms with E-state index in [2.05, 4.69) is 13.8 Å². The first-order valence-corrected chi connectivity index (χ1v) is 4.73. The van der Waals surface area contributed by atoms with Gasteiger partial charge in [0.05, 0.1) is 0 Å². The molecule has 0 saturated heterocycles. The summed E-state index contributed by atoms with van der Waals surface area (Å²) in [4.78, 5) is 10.6. The molecule has 1 fully saturated rings. The van der Waals surface area contributed by atoms with Crippen molar-refractivity contribution in [3.63, 3.8) is 0 Å². The minimum absolute atomic E-state index is 0.355. The highest BCUT2D eigenvalue weighted by atomic mass is 16.1. The second-order valence-corrected chi connectivity index (χ2v) is 3.86. The first kappa shape index (κ1) is 8.76. The van der Waals surface area contributed by atoms with Crippen LogP contribution in [0.4, 0.5) is 0 Å². The molecule has 0 aromatic rings. The van der Waals surface area contributed by atoms with Crippen LogP contribution in [0.25, 0.3) is 0 Å². The molecule has 0 radical (unpaired) electrons. The van der Waals surface area contributed by atoms with Crippen LogP contribution in [0.3, 0.4) is 0 Å². The topological polar surface area (TPSA) is 17.1 Å². The van der Waals surface area contributed by atoms with E-state index in [0.717, 1.165) is 18.6 Å². The highest BCUT2D eigenvalue weighted by molar-refractivity contribution is 5.54. The maximum atomic E-state index is 10.6. The highest BCUT2D eigenvalue weighted by Gasteiger charge is 2.25. The van der Waals surface area contributed by atoms with Crippen molar-refractivity contribution in [3.8, 4) is 0 Å². The Morgan fingerprint density at radius 2 is 2.18 bits per heavy atom. The van der Waals surface area contributed by atoms with Crippen molar-refractivity contribution in [2.24, 2.45) is 17.8 Å². The number of aldehydes is 1. The average molecular weight is 154 g/mol. The van der Waals surface area contributed by atoms with E-state index in [1.807, 2.05) is 0 Å². The number of hydrogen-bond donors (Lipinski definition) is 0. The third kappa shape index (κ3) is 2.05. The summed E-state index contributed by atoms with van der Waals surface area (Å²) in [5.41, 5.74) is 0. The smallest absolute Gasteiger partial charge is 0.123 e. The van der Waals surface area contributed by atoms with Gasteiger partial charge in [0.25, 0.3) is 0 Å². The lowest BCUT2D eigenvalue weighted by molar-refractivity contribution is -0.113. The molecule has 1 saturated carbocycles. The summed E-state index contributed by atoms with van der Waals surface area (Å²) in [5.74, 6) is 1.81. The summed E-state index contributed by atoms with van der Waals surface area (Å²) < 4.78 is 0. The van der Waals surface area contributed by atoms with Crippen molar-refractivity contribution in [2.75, 3.05) is 0 Å². The lowest BCUT2D eigenvalue weighted by Gasteiger charge is -2.30. The average Bonchev–Trinajstić information content (AvgIpc) is 2.05. The van der Waals surface area contributed by atoms with Crippen molar-refractivity contribution in [2.45, 2.75) is 39.5 Å². The Balaban J connectivity index is 2.43. The molecule has 0 aromatic heterocycles. The Kier molecular flexibility index (Phi) is 3.10. The van der Waals surface area contributed by atoms with Crippen LogP contribution < -0.4 is 0 Å². The van der Waals surface area contributed by atoms with Crippen LogP contribution in [0, 0.1) is 17.8 Å². The number of hydrogen-bond acceptors (Lipinski definition) is 1. The zero-order valence-electron chi connectivity index (χ0n) is 7.55. The fraction of sp³-hybridized carbons (Fsp3) is 0.900. The predicted molar refractivity (Wildman–Crippen MR) is 46.4 cm³/mol. The number of carbonyl (C=O) groups excluding carboxylic acids is 1. The SMILES string of the molecule is CC[C@@H]1CC[C@H](C)[C@@H](C=O)C1. The van der Waals surface area contributed by atoms with Gasteiger partial charge in [-0.05, 0) is 24.7 Å². The second-order valence-electron chi connectivity index (χ2n) is 3.86. The van der Waals surface area contributed by atoms with E-state index in [1.54, 1.807) is 0 Å². The van der Waals surface area contributed by atoms with E-state index in [4.69, 9.17) is 0 Å². The van der Waals surface area contributed by atoms with Gasteiger partial charge in [0.1, 0.15) is 6.29 Å². The van der Waals surface area contributed by atoms with Gasteiger partial charge in [-0.3, -0.25) is 0 Å². The van der Waals surface area contributed by atoms with Crippen molar-refractivity contribution in [1.82, 2.24) is 0 Å². The van der Waals surface area contributed by atoms with Crippen LogP contribution in [-0.2, 0) is 4.79 Å². The fourth-order valence-corrected chi connectivity index (χ4v) is 2.01. The van der Waals surface area contributed by atoms with Gasteiger partial charge in [0.2, 0.25) is 0 Å². The quantitative estimate of drug-likeness (QED) is 0.559. The third-order valence-electron chi connectivity index (χ3n) is 3.12. The molecule has 1 aliphatic rings. The van der Waals surface area contributed by atoms with Gasteiger partial charge in [-0.15, -0.1) is 0 Å². The van der Waals surface area contributed by atoms with Gasteiger partial charge in [-0.1, -0.05) is 26.7 Å². The Morgan fingerprint density at radius 1 is 1.45 bits per heavy atom. The zero-order chi connectivity index (χ0) is 8.27. The minimum Gasteiger partial charge on any atom is -0.303 e. The molecule has 64 valence electrons. The molecule has 0 amide bonds. The lowest BCUT2D eigenvalue weighted by atomic mass is 9.75. The minimum atomic E-state index is 0.355. The van der Waals surface area contributed by atoms with Gasteiger partial charge in [-0.25, -0.2) is 0 Å². The van der Waals surface area contributed by atoms with Gasteiger partial charge in [0.15, 0.2) is 0 Å². The van der Waals surface area contributed by atoms with Gasteiger partial charge in [-0.2, -0.15) is 0 Å². The largest absolute Gasteiger partial charge is 0.303 e. The van der Waals surface area contributed by atoms with Crippen molar-refractivity contribution in [1.29, 1.82) is 0 Å². The molecule has 1 heteroatoms. The Hall–Kier alpha value is -0.330. The van der Waals surface area contributed by atoms with Gasteiger partial charge < -0.3 is 4.79 Å². The molecular weight excluding hydrogens is 136 g/mol. The Bertz CT molecular complexity index is 131. The Labute approximate surface area is 69.2 Å². The highest BCUT2D eigenvalue weighted by Crippen LogP contribution is 2.33. The molecule has 0 bridgehead atoms. The van der Waals surface area contributed by atoms with Crippen molar-refractivity contribution < 1.29 is 4.79 Å². The van der Waals surface area contributed by atoms with Crippen molar-refractivity contribution in [3.05, 3.63) is 0 Å². The molecular formula is C10H18O. The normalized spacial score (nSPS) is 38.5. The molecule has 3 atom stereocenters. The van der Waals surface area contributed by atoms with Gasteiger partial charge >= 0.3 is 0 Å². The predicted octanol–water partition coefficient (Wildman–Crippen LogP) is 2.65. The summed E-state index contributed by atoms with van der Waals surface area (Å²) in [7, 11) is 0. The van der Waals surface area contributed by atoms with Crippen LogP contribution in [0.1, 0.15) is 39.5 Å². The molecule has 0 aromatic carbocycles. The molecule has 0 heterocycles. The first-order valence-electron chi connectivity index (χ1n) is 4.73. The maximum Gasteiger partial charge on any atom is 0.123 e. The van der Waals surface area contributed by atoms with Crippen LogP contribution in [0.5, 0.6) is 0 Å². The molecule has 0 aliphatic heterocycles. The summed E-state index contributed by atoms with van der Waals surface area (Å²) in [6, 6.07) is 0. The zero-order valence-corrected chi connectivity index (χ0v) is 7.55. The van der Waals surface area contributed by atoms with Crippen LogP contribution in [0.15, 0.2) is 0 Å². The van der Waals surface area contributed by atoms with Crippen molar-refractivity contribution >= 4 is 6.29 Å². The summed E-state index contributed by atoms with van der Waals surface area (Å²) in [5, 5.41) is 0. The molecule has 0 N–H and O–H groups in total. The molecule has 1 rings (SSSR count). The lowest BCUT2D eigenvalue weighted by Crippen LogP contribution is -2.23. The van der Waals surface area contributed by atoms with E-state index in [1.165, 1.54) is 19.3 Å². The molecule has 0 unspecified atom stereocenters.